The zero-order chi connectivity index (χ0) is 21.1. The molecule has 1 atom stereocenters. The molecule has 3 N–H and O–H groups in total. The summed E-state index contributed by atoms with van der Waals surface area (Å²) in [6, 6.07) is 13.3. The van der Waals surface area contributed by atoms with Gasteiger partial charge in [-0.05, 0) is 30.3 Å². The highest BCUT2D eigenvalue weighted by molar-refractivity contribution is 6.11. The Labute approximate surface area is 173 Å². The van der Waals surface area contributed by atoms with Gasteiger partial charge in [-0.25, -0.2) is 0 Å². The van der Waals surface area contributed by atoms with E-state index in [0.717, 1.165) is 10.9 Å². The zero-order valence-corrected chi connectivity index (χ0v) is 16.5. The number of methoxy groups -OCH3 is 1. The van der Waals surface area contributed by atoms with E-state index in [-0.39, 0.29) is 18.2 Å². The lowest BCUT2D eigenvalue weighted by Crippen LogP contribution is -2.43. The summed E-state index contributed by atoms with van der Waals surface area (Å²) < 4.78 is 7.18. The lowest BCUT2D eigenvalue weighted by molar-refractivity contribution is -0.122. The van der Waals surface area contributed by atoms with E-state index in [1.54, 1.807) is 31.4 Å². The van der Waals surface area contributed by atoms with Crippen molar-refractivity contribution in [3.8, 4) is 0 Å². The molecule has 3 amide bonds. The highest BCUT2D eigenvalue weighted by atomic mass is 16.5. The minimum Gasteiger partial charge on any atom is -0.383 e. The lowest BCUT2D eigenvalue weighted by Gasteiger charge is -2.15. The van der Waals surface area contributed by atoms with Crippen molar-refractivity contribution in [2.24, 2.45) is 0 Å². The third kappa shape index (κ3) is 3.90. The van der Waals surface area contributed by atoms with Crippen molar-refractivity contribution in [2.75, 3.05) is 24.4 Å². The Morgan fingerprint density at radius 1 is 1.13 bits per heavy atom. The molecule has 8 nitrogen and oxygen atoms in total. The fourth-order valence-corrected chi connectivity index (χ4v) is 3.56. The molecule has 0 bridgehead atoms. The smallest absolute Gasteiger partial charge is 0.254 e. The van der Waals surface area contributed by atoms with Crippen LogP contribution in [-0.2, 0) is 20.9 Å². The van der Waals surface area contributed by atoms with Crippen LogP contribution in [0, 0.1) is 0 Å². The van der Waals surface area contributed by atoms with Crippen molar-refractivity contribution in [3.63, 3.8) is 0 Å². The van der Waals surface area contributed by atoms with Gasteiger partial charge in [0.25, 0.3) is 5.91 Å². The Morgan fingerprint density at radius 2 is 1.97 bits per heavy atom. The summed E-state index contributed by atoms with van der Waals surface area (Å²) in [4.78, 5) is 37.6. The molecule has 30 heavy (non-hydrogen) atoms. The number of rotatable bonds is 6. The molecule has 0 spiro atoms. The first-order chi connectivity index (χ1) is 14.6. The molecule has 154 valence electrons. The van der Waals surface area contributed by atoms with Crippen LogP contribution in [0.2, 0.25) is 0 Å². The molecule has 1 aliphatic heterocycles. The first-order valence-electron chi connectivity index (χ1n) is 9.64. The second-order valence-electron chi connectivity index (χ2n) is 7.05. The topological polar surface area (TPSA) is 101 Å². The lowest BCUT2D eigenvalue weighted by atomic mass is 10.1. The predicted molar refractivity (Wildman–Crippen MR) is 113 cm³/mol. The summed E-state index contributed by atoms with van der Waals surface area (Å²) in [6.07, 6.45) is 1.77. The zero-order valence-electron chi connectivity index (χ0n) is 16.5. The SMILES string of the molecule is COCCn1ccc2c(NC(=O)C[C@@H]3NC(=O)c4ccccc4NC3=O)cccc21. The van der Waals surface area contributed by atoms with Crippen LogP contribution in [-0.4, -0.2) is 42.0 Å². The van der Waals surface area contributed by atoms with Gasteiger partial charge in [0.2, 0.25) is 11.8 Å². The third-order valence-corrected chi connectivity index (χ3v) is 5.06. The number of nitrogens with zero attached hydrogens (tertiary/aromatic N) is 1. The standard InChI is InChI=1S/C22H22N4O4/c1-30-12-11-26-10-9-14-16(7-4-8-19(14)26)23-20(27)13-18-22(29)24-17-6-3-2-5-15(17)21(28)25-18/h2-10,18H,11-13H2,1H3,(H,23,27)(H,24,29)(H,25,28)/t18-/m0/s1. The number of hydrogen-bond acceptors (Lipinski definition) is 4. The van der Waals surface area contributed by atoms with Gasteiger partial charge in [0, 0.05) is 25.2 Å². The molecular formula is C22H22N4O4. The number of carbonyl (C=O) groups excluding carboxylic acids is 3. The molecule has 1 aromatic heterocycles. The summed E-state index contributed by atoms with van der Waals surface area (Å²) >= 11 is 0. The molecule has 0 saturated heterocycles. The Kier molecular flexibility index (Phi) is 5.49. The average Bonchev–Trinajstić information content (AvgIpc) is 3.11. The molecular weight excluding hydrogens is 384 g/mol. The maximum Gasteiger partial charge on any atom is 0.254 e. The molecule has 3 aromatic rings. The van der Waals surface area contributed by atoms with Crippen LogP contribution in [0.5, 0.6) is 0 Å². The molecule has 4 rings (SSSR count). The maximum absolute atomic E-state index is 12.7. The minimum atomic E-state index is -0.963. The van der Waals surface area contributed by atoms with Crippen LogP contribution >= 0.6 is 0 Å². The number of benzene rings is 2. The Balaban J connectivity index is 1.48. The number of nitrogens with one attached hydrogen (secondary N) is 3. The number of fused-ring (bicyclic) bond motifs is 2. The molecule has 0 saturated carbocycles. The van der Waals surface area contributed by atoms with Crippen molar-refractivity contribution in [2.45, 2.75) is 19.0 Å². The second-order valence-corrected chi connectivity index (χ2v) is 7.05. The van der Waals surface area contributed by atoms with Crippen molar-refractivity contribution in [3.05, 3.63) is 60.3 Å². The number of hydrogen-bond donors (Lipinski definition) is 3. The van der Waals surface area contributed by atoms with Crippen molar-refractivity contribution in [1.29, 1.82) is 0 Å². The Morgan fingerprint density at radius 3 is 2.80 bits per heavy atom. The molecule has 2 heterocycles. The highest BCUT2D eigenvalue weighted by Gasteiger charge is 2.29. The number of aromatic nitrogens is 1. The van der Waals surface area contributed by atoms with Gasteiger partial charge in [0.15, 0.2) is 0 Å². The van der Waals surface area contributed by atoms with Gasteiger partial charge in [-0.15, -0.1) is 0 Å². The van der Waals surface area contributed by atoms with Gasteiger partial charge in [-0.1, -0.05) is 18.2 Å². The van der Waals surface area contributed by atoms with Crippen LogP contribution in [0.15, 0.2) is 54.7 Å². The van der Waals surface area contributed by atoms with Crippen LogP contribution in [0.25, 0.3) is 10.9 Å². The average molecular weight is 406 g/mol. The molecule has 0 aliphatic carbocycles. The van der Waals surface area contributed by atoms with Crippen LogP contribution < -0.4 is 16.0 Å². The highest BCUT2D eigenvalue weighted by Crippen LogP contribution is 2.25. The molecule has 8 heteroatoms. The fraction of sp³-hybridized carbons (Fsp3) is 0.227. The van der Waals surface area contributed by atoms with E-state index in [4.69, 9.17) is 4.74 Å². The summed E-state index contributed by atoms with van der Waals surface area (Å²) in [5, 5.41) is 9.10. The summed E-state index contributed by atoms with van der Waals surface area (Å²) in [7, 11) is 1.65. The minimum absolute atomic E-state index is 0.174. The van der Waals surface area contributed by atoms with E-state index in [1.807, 2.05) is 35.0 Å². The first-order valence-corrected chi connectivity index (χ1v) is 9.64. The van der Waals surface area contributed by atoms with Crippen molar-refractivity contribution < 1.29 is 19.1 Å². The molecule has 0 fully saturated rings. The van der Waals surface area contributed by atoms with Gasteiger partial charge in [-0.3, -0.25) is 14.4 Å². The first kappa shape index (κ1) is 19.7. The van der Waals surface area contributed by atoms with E-state index >= 15 is 0 Å². The van der Waals surface area contributed by atoms with Gasteiger partial charge < -0.3 is 25.3 Å². The van der Waals surface area contributed by atoms with Gasteiger partial charge in [-0.2, -0.15) is 0 Å². The number of carbonyl (C=O) groups is 3. The number of para-hydroxylation sites is 1. The van der Waals surface area contributed by atoms with E-state index in [9.17, 15) is 14.4 Å². The van der Waals surface area contributed by atoms with Gasteiger partial charge in [0.1, 0.15) is 6.04 Å². The van der Waals surface area contributed by atoms with Gasteiger partial charge >= 0.3 is 0 Å². The second kappa shape index (κ2) is 8.38. The van der Waals surface area contributed by atoms with Crippen molar-refractivity contribution in [1.82, 2.24) is 9.88 Å². The normalized spacial score (nSPS) is 15.8. The number of anilines is 2. The molecule has 1 aliphatic rings. The predicted octanol–water partition coefficient (Wildman–Crippen LogP) is 2.37. The van der Waals surface area contributed by atoms with Gasteiger partial charge in [0.05, 0.1) is 35.5 Å². The van der Waals surface area contributed by atoms with E-state index in [2.05, 4.69) is 16.0 Å². The molecule has 0 radical (unpaired) electrons. The number of amides is 3. The number of ether oxygens (including phenoxy) is 1. The van der Waals surface area contributed by atoms with Crippen LogP contribution in [0.3, 0.4) is 0 Å². The maximum atomic E-state index is 12.7. The fourth-order valence-electron chi connectivity index (χ4n) is 3.56. The molecule has 0 unspecified atom stereocenters. The van der Waals surface area contributed by atoms with E-state index in [0.29, 0.717) is 30.1 Å². The largest absolute Gasteiger partial charge is 0.383 e. The van der Waals surface area contributed by atoms with Crippen LogP contribution in [0.1, 0.15) is 16.8 Å². The summed E-state index contributed by atoms with van der Waals surface area (Å²) in [5.74, 6) is -1.18. The Bertz CT molecular complexity index is 1120. The van der Waals surface area contributed by atoms with Crippen molar-refractivity contribution >= 4 is 40.0 Å². The monoisotopic (exact) mass is 406 g/mol. The summed E-state index contributed by atoms with van der Waals surface area (Å²) in [6.45, 7) is 1.28. The molecule has 2 aromatic carbocycles. The van der Waals surface area contributed by atoms with E-state index in [1.165, 1.54) is 0 Å². The summed E-state index contributed by atoms with van der Waals surface area (Å²) in [5.41, 5.74) is 2.43. The van der Waals surface area contributed by atoms with Crippen LogP contribution in [0.4, 0.5) is 11.4 Å². The Hall–Kier alpha value is -3.65. The quantitative estimate of drug-likeness (QED) is 0.585. The van der Waals surface area contributed by atoms with E-state index < -0.39 is 11.9 Å². The third-order valence-electron chi connectivity index (χ3n) is 5.06.